The van der Waals surface area contributed by atoms with Crippen LogP contribution in [-0.4, -0.2) is 23.9 Å². The van der Waals surface area contributed by atoms with E-state index in [-0.39, 0.29) is 17.4 Å². The Balaban J connectivity index is 1.58. The molecular formula is C21H21BrF2NO. The number of amides is 1. The number of likely N-dealkylation sites (N-methyl/N-ethyl adjacent to an activating group) is 1. The van der Waals surface area contributed by atoms with Crippen molar-refractivity contribution in [3.63, 3.8) is 0 Å². The molecule has 137 valence electrons. The molecule has 5 heteroatoms. The van der Waals surface area contributed by atoms with Gasteiger partial charge in [-0.1, -0.05) is 58.4 Å². The fourth-order valence-corrected chi connectivity index (χ4v) is 3.90. The highest BCUT2D eigenvalue weighted by molar-refractivity contribution is 9.10. The fourth-order valence-electron chi connectivity index (χ4n) is 3.33. The van der Waals surface area contributed by atoms with E-state index in [4.69, 9.17) is 0 Å². The summed E-state index contributed by atoms with van der Waals surface area (Å²) in [6.45, 7) is 3.23. The third-order valence-corrected chi connectivity index (χ3v) is 5.59. The molecule has 26 heavy (non-hydrogen) atoms. The van der Waals surface area contributed by atoms with Gasteiger partial charge in [0.2, 0.25) is 5.91 Å². The Morgan fingerprint density at radius 3 is 2.54 bits per heavy atom. The summed E-state index contributed by atoms with van der Waals surface area (Å²) >= 11 is 3.19. The molecule has 1 radical (unpaired) electrons. The lowest BCUT2D eigenvalue weighted by Gasteiger charge is -2.21. The Labute approximate surface area is 161 Å². The lowest BCUT2D eigenvalue weighted by atomic mass is 10.1. The van der Waals surface area contributed by atoms with Crippen LogP contribution in [0.1, 0.15) is 36.0 Å². The van der Waals surface area contributed by atoms with Crippen LogP contribution in [-0.2, 0) is 11.2 Å². The number of hydrogen-bond donors (Lipinski definition) is 0. The largest absolute Gasteiger partial charge is 0.342 e. The van der Waals surface area contributed by atoms with E-state index >= 15 is 0 Å². The molecule has 2 aromatic carbocycles. The van der Waals surface area contributed by atoms with Gasteiger partial charge in [0.05, 0.1) is 0 Å². The fraction of sp³-hybridized carbons (Fsp3) is 0.333. The van der Waals surface area contributed by atoms with Gasteiger partial charge in [-0.15, -0.1) is 0 Å². The summed E-state index contributed by atoms with van der Waals surface area (Å²) in [4.78, 5) is 14.6. The van der Waals surface area contributed by atoms with Crippen molar-refractivity contribution in [2.24, 2.45) is 5.92 Å². The number of carbonyl (C=O) groups is 1. The lowest BCUT2D eigenvalue weighted by Crippen LogP contribution is -2.34. The Bertz CT molecular complexity index is 766. The second-order valence-corrected chi connectivity index (χ2v) is 7.46. The SMILES string of the molecule is CCN(CCc1ccc([C](F)F)c(Br)c1)C(=O)C1CC1c1ccccc1. The zero-order valence-electron chi connectivity index (χ0n) is 14.6. The van der Waals surface area contributed by atoms with Gasteiger partial charge >= 0.3 is 6.43 Å². The van der Waals surface area contributed by atoms with Crippen LogP contribution < -0.4 is 0 Å². The molecule has 1 aliphatic carbocycles. The second-order valence-electron chi connectivity index (χ2n) is 6.60. The number of nitrogens with zero attached hydrogens (tertiary/aromatic N) is 1. The van der Waals surface area contributed by atoms with E-state index in [0.717, 1.165) is 12.0 Å². The molecule has 0 bridgehead atoms. The highest BCUT2D eigenvalue weighted by atomic mass is 79.9. The Kier molecular flexibility index (Phi) is 6.07. The minimum Gasteiger partial charge on any atom is -0.342 e. The summed E-state index contributed by atoms with van der Waals surface area (Å²) in [6, 6.07) is 15.0. The molecule has 0 N–H and O–H groups in total. The van der Waals surface area contributed by atoms with Crippen LogP contribution in [0.3, 0.4) is 0 Å². The summed E-state index contributed by atoms with van der Waals surface area (Å²) in [7, 11) is 0. The van der Waals surface area contributed by atoms with E-state index in [1.807, 2.05) is 30.0 Å². The maximum atomic E-state index is 12.8. The maximum Gasteiger partial charge on any atom is 0.340 e. The van der Waals surface area contributed by atoms with E-state index in [1.165, 1.54) is 11.6 Å². The number of carbonyl (C=O) groups excluding carboxylic acids is 1. The number of halogens is 3. The van der Waals surface area contributed by atoms with Crippen molar-refractivity contribution in [1.29, 1.82) is 0 Å². The Morgan fingerprint density at radius 2 is 1.92 bits per heavy atom. The van der Waals surface area contributed by atoms with Crippen LogP contribution in [0.2, 0.25) is 0 Å². The second kappa shape index (κ2) is 8.30. The normalized spacial score (nSPS) is 18.8. The number of rotatable bonds is 7. The quantitative estimate of drug-likeness (QED) is 0.585. The molecule has 0 saturated heterocycles. The van der Waals surface area contributed by atoms with Crippen molar-refractivity contribution in [2.75, 3.05) is 13.1 Å². The Morgan fingerprint density at radius 1 is 1.19 bits per heavy atom. The van der Waals surface area contributed by atoms with Gasteiger partial charge in [0.1, 0.15) is 0 Å². The topological polar surface area (TPSA) is 20.3 Å². The first-order valence-electron chi connectivity index (χ1n) is 8.81. The molecule has 0 aromatic heterocycles. The molecule has 2 atom stereocenters. The highest BCUT2D eigenvalue weighted by Gasteiger charge is 2.45. The first-order valence-corrected chi connectivity index (χ1v) is 9.61. The van der Waals surface area contributed by atoms with Crippen molar-refractivity contribution in [3.8, 4) is 0 Å². The minimum absolute atomic E-state index is 0.0710. The molecule has 3 rings (SSSR count). The summed E-state index contributed by atoms with van der Waals surface area (Å²) in [6.07, 6.45) is -0.144. The summed E-state index contributed by atoms with van der Waals surface area (Å²) < 4.78 is 25.9. The van der Waals surface area contributed by atoms with Crippen LogP contribution in [0.5, 0.6) is 0 Å². The van der Waals surface area contributed by atoms with Gasteiger partial charge in [0.25, 0.3) is 0 Å². The molecule has 0 spiro atoms. The zero-order valence-corrected chi connectivity index (χ0v) is 16.2. The molecule has 1 saturated carbocycles. The molecule has 1 fully saturated rings. The number of benzene rings is 2. The summed E-state index contributed by atoms with van der Waals surface area (Å²) in [5, 5.41) is 0. The highest BCUT2D eigenvalue weighted by Crippen LogP contribution is 2.48. The molecular weight excluding hydrogens is 400 g/mol. The maximum absolute atomic E-state index is 12.8. The van der Waals surface area contributed by atoms with Gasteiger partial charge < -0.3 is 4.90 Å². The molecule has 2 unspecified atom stereocenters. The van der Waals surface area contributed by atoms with Crippen molar-refractivity contribution in [3.05, 3.63) is 76.1 Å². The van der Waals surface area contributed by atoms with Crippen LogP contribution in [0.25, 0.3) is 0 Å². The van der Waals surface area contributed by atoms with E-state index in [2.05, 4.69) is 28.1 Å². The summed E-state index contributed by atoms with van der Waals surface area (Å²) in [5.74, 6) is 0.594. The van der Waals surface area contributed by atoms with Crippen molar-refractivity contribution in [1.82, 2.24) is 4.90 Å². The lowest BCUT2D eigenvalue weighted by molar-refractivity contribution is -0.132. The standard InChI is InChI=1S/C21H21BrF2NO/c1-2-25(11-10-14-8-9-16(20(23)24)19(22)12-14)21(26)18-13-17(18)15-6-4-3-5-7-15/h3-9,12,17-18H,2,10-11,13H2,1H3. The van der Waals surface area contributed by atoms with Crippen LogP contribution in [0.4, 0.5) is 8.78 Å². The average Bonchev–Trinajstić information content (AvgIpc) is 3.43. The van der Waals surface area contributed by atoms with Gasteiger partial charge in [0, 0.05) is 29.0 Å². The van der Waals surface area contributed by atoms with Crippen molar-refractivity contribution < 1.29 is 13.6 Å². The van der Waals surface area contributed by atoms with Crippen LogP contribution >= 0.6 is 15.9 Å². The molecule has 0 aliphatic heterocycles. The summed E-state index contributed by atoms with van der Waals surface area (Å²) in [5.41, 5.74) is 2.08. The van der Waals surface area contributed by atoms with Gasteiger partial charge in [-0.2, -0.15) is 8.78 Å². The van der Waals surface area contributed by atoms with Gasteiger partial charge in [0.15, 0.2) is 0 Å². The minimum atomic E-state index is -1.70. The van der Waals surface area contributed by atoms with E-state index in [1.54, 1.807) is 12.1 Å². The molecule has 2 aromatic rings. The third kappa shape index (κ3) is 4.32. The molecule has 1 amide bonds. The van der Waals surface area contributed by atoms with Gasteiger partial charge in [-0.25, -0.2) is 0 Å². The van der Waals surface area contributed by atoms with Crippen molar-refractivity contribution in [2.45, 2.75) is 25.7 Å². The average molecular weight is 421 g/mol. The molecule has 1 aliphatic rings. The van der Waals surface area contributed by atoms with Crippen LogP contribution in [0.15, 0.2) is 53.0 Å². The Hall–Kier alpha value is -1.75. The van der Waals surface area contributed by atoms with E-state index in [9.17, 15) is 13.6 Å². The number of hydrogen-bond acceptors (Lipinski definition) is 1. The van der Waals surface area contributed by atoms with Crippen LogP contribution in [0, 0.1) is 12.3 Å². The molecule has 2 nitrogen and oxygen atoms in total. The van der Waals surface area contributed by atoms with E-state index in [0.29, 0.717) is 29.9 Å². The smallest absolute Gasteiger partial charge is 0.340 e. The van der Waals surface area contributed by atoms with E-state index < -0.39 is 6.43 Å². The zero-order chi connectivity index (χ0) is 18.7. The first kappa shape index (κ1) is 19.0. The van der Waals surface area contributed by atoms with Crippen molar-refractivity contribution >= 4 is 21.8 Å². The predicted molar refractivity (Wildman–Crippen MR) is 102 cm³/mol. The van der Waals surface area contributed by atoms with Gasteiger partial charge in [-0.3, -0.25) is 4.79 Å². The molecule has 0 heterocycles. The van der Waals surface area contributed by atoms with Gasteiger partial charge in [-0.05, 0) is 42.9 Å². The monoisotopic (exact) mass is 420 g/mol. The first-order chi connectivity index (χ1) is 12.5. The predicted octanol–water partition coefficient (Wildman–Crippen LogP) is 5.42. The third-order valence-electron chi connectivity index (χ3n) is 4.94.